The minimum absolute atomic E-state index is 0.264. The van der Waals surface area contributed by atoms with Gasteiger partial charge in [-0.15, -0.1) is 0 Å². The lowest BCUT2D eigenvalue weighted by Crippen LogP contribution is -2.29. The number of hydrogen-bond acceptors (Lipinski definition) is 1. The maximum atomic E-state index is 6.32. The molecule has 0 radical (unpaired) electrons. The molecule has 1 heteroatoms. The van der Waals surface area contributed by atoms with Crippen LogP contribution in [0, 0.1) is 6.92 Å². The van der Waals surface area contributed by atoms with Gasteiger partial charge >= 0.3 is 0 Å². The molecule has 2 aromatic carbocycles. The third-order valence-corrected chi connectivity index (χ3v) is 4.13. The van der Waals surface area contributed by atoms with Crippen LogP contribution in [-0.4, -0.2) is 6.04 Å². The lowest BCUT2D eigenvalue weighted by molar-refractivity contribution is 0.484. The van der Waals surface area contributed by atoms with Crippen LogP contribution in [-0.2, 0) is 12.8 Å². The van der Waals surface area contributed by atoms with Crippen molar-refractivity contribution in [3.05, 3.63) is 70.8 Å². The summed E-state index contributed by atoms with van der Waals surface area (Å²) in [6.45, 7) is 2.14. The van der Waals surface area contributed by atoms with Crippen LogP contribution in [0.4, 0.5) is 0 Å². The minimum Gasteiger partial charge on any atom is -0.327 e. The van der Waals surface area contributed by atoms with Gasteiger partial charge in [0.25, 0.3) is 0 Å². The summed E-state index contributed by atoms with van der Waals surface area (Å²) in [6, 6.07) is 17.7. The lowest BCUT2D eigenvalue weighted by atomic mass is 9.74. The lowest BCUT2D eigenvalue weighted by Gasteiger charge is -2.32. The summed E-state index contributed by atoms with van der Waals surface area (Å²) in [5.41, 5.74) is 12.0. The SMILES string of the molecule is Cc1cccc(CC(N)CC2Cc3ccccc32)c1. The van der Waals surface area contributed by atoms with E-state index in [9.17, 15) is 0 Å². The maximum absolute atomic E-state index is 6.32. The number of fused-ring (bicyclic) bond motifs is 1. The van der Waals surface area contributed by atoms with Crippen molar-refractivity contribution >= 4 is 0 Å². The Bertz CT molecular complexity index is 573. The Hall–Kier alpha value is -1.60. The monoisotopic (exact) mass is 251 g/mol. The van der Waals surface area contributed by atoms with E-state index in [1.165, 1.54) is 28.7 Å². The van der Waals surface area contributed by atoms with Gasteiger partial charge in [0, 0.05) is 6.04 Å². The molecule has 2 N–H and O–H groups in total. The summed E-state index contributed by atoms with van der Waals surface area (Å²) in [6.07, 6.45) is 3.29. The molecule has 1 aliphatic rings. The zero-order valence-corrected chi connectivity index (χ0v) is 11.5. The van der Waals surface area contributed by atoms with Gasteiger partial charge in [0.05, 0.1) is 0 Å². The van der Waals surface area contributed by atoms with Gasteiger partial charge in [-0.05, 0) is 48.8 Å². The van der Waals surface area contributed by atoms with Gasteiger partial charge in [-0.3, -0.25) is 0 Å². The zero-order chi connectivity index (χ0) is 13.2. The van der Waals surface area contributed by atoms with E-state index in [0.717, 1.165) is 12.8 Å². The molecule has 1 nitrogen and oxygen atoms in total. The molecule has 0 aromatic heterocycles. The number of benzene rings is 2. The predicted octanol–water partition coefficient (Wildman–Crippen LogP) is 3.59. The van der Waals surface area contributed by atoms with Gasteiger partial charge in [0.15, 0.2) is 0 Å². The molecule has 0 saturated carbocycles. The average molecular weight is 251 g/mol. The fourth-order valence-corrected chi connectivity index (χ4v) is 3.16. The number of nitrogens with two attached hydrogens (primary N) is 1. The van der Waals surface area contributed by atoms with Crippen molar-refractivity contribution in [3.63, 3.8) is 0 Å². The topological polar surface area (TPSA) is 26.0 Å². The molecule has 0 fully saturated rings. The number of rotatable bonds is 4. The quantitative estimate of drug-likeness (QED) is 0.883. The van der Waals surface area contributed by atoms with Gasteiger partial charge in [0.2, 0.25) is 0 Å². The molecule has 0 heterocycles. The van der Waals surface area contributed by atoms with Crippen molar-refractivity contribution < 1.29 is 0 Å². The van der Waals surface area contributed by atoms with E-state index in [2.05, 4.69) is 55.5 Å². The first-order valence-electron chi connectivity index (χ1n) is 7.11. The van der Waals surface area contributed by atoms with Crippen LogP contribution in [0.3, 0.4) is 0 Å². The normalized spacial score (nSPS) is 18.5. The fraction of sp³-hybridized carbons (Fsp3) is 0.333. The molecule has 2 unspecified atom stereocenters. The standard InChI is InChI=1S/C18H21N/c1-13-5-4-6-14(9-13)10-17(19)12-16-11-15-7-2-3-8-18(15)16/h2-9,16-17H,10-12,19H2,1H3. The Labute approximate surface area is 115 Å². The van der Waals surface area contributed by atoms with Crippen molar-refractivity contribution in [2.75, 3.05) is 0 Å². The minimum atomic E-state index is 0.264. The largest absolute Gasteiger partial charge is 0.327 e. The van der Waals surface area contributed by atoms with Gasteiger partial charge in [-0.25, -0.2) is 0 Å². The van der Waals surface area contributed by atoms with E-state index in [4.69, 9.17) is 5.73 Å². The van der Waals surface area contributed by atoms with E-state index in [-0.39, 0.29) is 6.04 Å². The Morgan fingerprint density at radius 3 is 2.79 bits per heavy atom. The van der Waals surface area contributed by atoms with E-state index >= 15 is 0 Å². The third kappa shape index (κ3) is 2.71. The highest BCUT2D eigenvalue weighted by molar-refractivity contribution is 5.40. The van der Waals surface area contributed by atoms with Crippen LogP contribution in [0.25, 0.3) is 0 Å². The van der Waals surface area contributed by atoms with Crippen LogP contribution < -0.4 is 5.73 Å². The van der Waals surface area contributed by atoms with E-state index in [1.54, 1.807) is 0 Å². The Balaban J connectivity index is 1.60. The Morgan fingerprint density at radius 2 is 2.00 bits per heavy atom. The second-order valence-electron chi connectivity index (χ2n) is 5.79. The molecule has 0 saturated heterocycles. The van der Waals surface area contributed by atoms with Gasteiger partial charge in [0.1, 0.15) is 0 Å². The Morgan fingerprint density at radius 1 is 1.16 bits per heavy atom. The molecule has 0 bridgehead atoms. The first kappa shape index (κ1) is 12.4. The molecule has 0 amide bonds. The summed E-state index contributed by atoms with van der Waals surface area (Å²) in [5.74, 6) is 0.677. The first-order chi connectivity index (χ1) is 9.22. The summed E-state index contributed by atoms with van der Waals surface area (Å²) >= 11 is 0. The van der Waals surface area contributed by atoms with Gasteiger partial charge < -0.3 is 5.73 Å². The van der Waals surface area contributed by atoms with E-state index < -0.39 is 0 Å². The zero-order valence-electron chi connectivity index (χ0n) is 11.5. The molecule has 0 aliphatic heterocycles. The van der Waals surface area contributed by atoms with Crippen molar-refractivity contribution in [3.8, 4) is 0 Å². The second kappa shape index (κ2) is 5.18. The van der Waals surface area contributed by atoms with E-state index in [0.29, 0.717) is 5.92 Å². The molecular weight excluding hydrogens is 230 g/mol. The van der Waals surface area contributed by atoms with Crippen LogP contribution in [0.1, 0.15) is 34.6 Å². The van der Waals surface area contributed by atoms with Gasteiger partial charge in [-0.1, -0.05) is 54.1 Å². The van der Waals surface area contributed by atoms with Crippen LogP contribution in [0.5, 0.6) is 0 Å². The summed E-state index contributed by atoms with van der Waals surface area (Å²) in [5, 5.41) is 0. The summed E-state index contributed by atoms with van der Waals surface area (Å²) < 4.78 is 0. The molecular formula is C18H21N. The highest BCUT2D eigenvalue weighted by Crippen LogP contribution is 2.37. The predicted molar refractivity (Wildman–Crippen MR) is 80.4 cm³/mol. The molecule has 1 aliphatic carbocycles. The summed E-state index contributed by atoms with van der Waals surface area (Å²) in [4.78, 5) is 0. The highest BCUT2D eigenvalue weighted by Gasteiger charge is 2.26. The number of hydrogen-bond donors (Lipinski definition) is 1. The Kier molecular flexibility index (Phi) is 3.39. The van der Waals surface area contributed by atoms with Crippen LogP contribution in [0.2, 0.25) is 0 Å². The van der Waals surface area contributed by atoms with Crippen molar-refractivity contribution in [1.82, 2.24) is 0 Å². The highest BCUT2D eigenvalue weighted by atomic mass is 14.6. The first-order valence-corrected chi connectivity index (χ1v) is 7.11. The fourth-order valence-electron chi connectivity index (χ4n) is 3.16. The van der Waals surface area contributed by atoms with Crippen molar-refractivity contribution in [2.24, 2.45) is 5.73 Å². The van der Waals surface area contributed by atoms with E-state index in [1.807, 2.05) is 0 Å². The smallest absolute Gasteiger partial charge is 0.00852 e. The average Bonchev–Trinajstić information content (AvgIpc) is 2.36. The number of aryl methyl sites for hydroxylation is 1. The second-order valence-corrected chi connectivity index (χ2v) is 5.79. The summed E-state index contributed by atoms with van der Waals surface area (Å²) in [7, 11) is 0. The maximum Gasteiger partial charge on any atom is 0.00852 e. The van der Waals surface area contributed by atoms with Crippen LogP contribution >= 0.6 is 0 Å². The van der Waals surface area contributed by atoms with Crippen LogP contribution in [0.15, 0.2) is 48.5 Å². The molecule has 3 rings (SSSR count). The van der Waals surface area contributed by atoms with Gasteiger partial charge in [-0.2, -0.15) is 0 Å². The van der Waals surface area contributed by atoms with Crippen molar-refractivity contribution in [2.45, 2.75) is 38.1 Å². The molecule has 2 atom stereocenters. The molecule has 98 valence electrons. The molecule has 2 aromatic rings. The third-order valence-electron chi connectivity index (χ3n) is 4.13. The van der Waals surface area contributed by atoms with Crippen molar-refractivity contribution in [1.29, 1.82) is 0 Å². The molecule has 19 heavy (non-hydrogen) atoms. The molecule has 0 spiro atoms.